The van der Waals surface area contributed by atoms with Crippen LogP contribution in [0.25, 0.3) is 10.9 Å². The van der Waals surface area contributed by atoms with Gasteiger partial charge in [-0.15, -0.1) is 11.8 Å². The van der Waals surface area contributed by atoms with Gasteiger partial charge < -0.3 is 10.2 Å². The molecule has 1 N–H and O–H groups in total. The summed E-state index contributed by atoms with van der Waals surface area (Å²) in [4.78, 5) is 30.0. The summed E-state index contributed by atoms with van der Waals surface area (Å²) < 4.78 is 0. The number of aryl methyl sites for hydroxylation is 2. The van der Waals surface area contributed by atoms with E-state index >= 15 is 0 Å². The number of rotatable bonds is 7. The van der Waals surface area contributed by atoms with Crippen molar-refractivity contribution in [1.29, 1.82) is 0 Å². The molecule has 3 rings (SSSR count). The Hall–Kier alpha value is -2.08. The lowest BCUT2D eigenvalue weighted by Crippen LogP contribution is -2.35. The first kappa shape index (κ1) is 18.7. The summed E-state index contributed by atoms with van der Waals surface area (Å²) in [5, 5.41) is 5.03. The Morgan fingerprint density at radius 1 is 1.31 bits per heavy atom. The predicted molar refractivity (Wildman–Crippen MR) is 105 cm³/mol. The fourth-order valence-electron chi connectivity index (χ4n) is 3.16. The lowest BCUT2D eigenvalue weighted by Gasteiger charge is -2.15. The topological polar surface area (TPSA) is 62.3 Å². The van der Waals surface area contributed by atoms with Gasteiger partial charge in [-0.2, -0.15) is 0 Å². The first-order chi connectivity index (χ1) is 12.5. The maximum atomic E-state index is 12.0. The van der Waals surface area contributed by atoms with E-state index in [9.17, 15) is 9.59 Å². The highest BCUT2D eigenvalue weighted by Crippen LogP contribution is 2.24. The lowest BCUT2D eigenvalue weighted by atomic mass is 10.1. The number of amides is 2. The second kappa shape index (κ2) is 8.54. The molecule has 138 valence electrons. The second-order valence-corrected chi connectivity index (χ2v) is 7.85. The second-order valence-electron chi connectivity index (χ2n) is 6.73. The molecular weight excluding hydrogens is 346 g/mol. The smallest absolute Gasteiger partial charge is 0.222 e. The van der Waals surface area contributed by atoms with Crippen LogP contribution in [0.1, 0.15) is 30.4 Å². The first-order valence-electron chi connectivity index (χ1n) is 9.08. The Morgan fingerprint density at radius 2 is 2.15 bits per heavy atom. The van der Waals surface area contributed by atoms with Crippen molar-refractivity contribution in [3.8, 4) is 0 Å². The maximum Gasteiger partial charge on any atom is 0.222 e. The van der Waals surface area contributed by atoms with Gasteiger partial charge in [0.05, 0.1) is 10.5 Å². The molecule has 0 spiro atoms. The molecule has 0 saturated carbocycles. The predicted octanol–water partition coefficient (Wildman–Crippen LogP) is 3.07. The SMILES string of the molecule is Cc1ccc2nc(SCCC(=O)NCCN3CCCC3=O)cc(C)c2c1. The van der Waals surface area contributed by atoms with Crippen LogP contribution in [0, 0.1) is 13.8 Å². The van der Waals surface area contributed by atoms with Gasteiger partial charge in [0, 0.05) is 43.6 Å². The fourth-order valence-corrected chi connectivity index (χ4v) is 4.08. The van der Waals surface area contributed by atoms with Gasteiger partial charge in [0.25, 0.3) is 0 Å². The van der Waals surface area contributed by atoms with Crippen molar-refractivity contribution in [3.05, 3.63) is 35.4 Å². The van der Waals surface area contributed by atoms with Crippen LogP contribution in [0.4, 0.5) is 0 Å². The molecule has 1 fully saturated rings. The van der Waals surface area contributed by atoms with E-state index in [-0.39, 0.29) is 11.8 Å². The minimum Gasteiger partial charge on any atom is -0.354 e. The number of pyridine rings is 1. The summed E-state index contributed by atoms with van der Waals surface area (Å²) >= 11 is 1.60. The highest BCUT2D eigenvalue weighted by Gasteiger charge is 2.19. The molecule has 2 heterocycles. The summed E-state index contributed by atoms with van der Waals surface area (Å²) in [6, 6.07) is 8.36. The van der Waals surface area contributed by atoms with E-state index in [4.69, 9.17) is 0 Å². The molecule has 1 aliphatic rings. The molecule has 1 aromatic heterocycles. The molecule has 1 saturated heterocycles. The summed E-state index contributed by atoms with van der Waals surface area (Å²) in [6.45, 7) is 6.14. The van der Waals surface area contributed by atoms with Gasteiger partial charge in [-0.05, 0) is 44.0 Å². The zero-order chi connectivity index (χ0) is 18.5. The third-order valence-electron chi connectivity index (χ3n) is 4.60. The van der Waals surface area contributed by atoms with E-state index in [1.807, 2.05) is 11.0 Å². The van der Waals surface area contributed by atoms with Gasteiger partial charge in [0.2, 0.25) is 11.8 Å². The number of carbonyl (C=O) groups excluding carboxylic acids is 2. The minimum atomic E-state index is 0.0253. The van der Waals surface area contributed by atoms with Crippen LogP contribution in [0.2, 0.25) is 0 Å². The number of nitrogens with zero attached hydrogens (tertiary/aromatic N) is 2. The van der Waals surface area contributed by atoms with E-state index in [1.165, 1.54) is 16.5 Å². The number of benzene rings is 1. The van der Waals surface area contributed by atoms with Crippen molar-refractivity contribution in [3.63, 3.8) is 0 Å². The molecule has 6 heteroatoms. The zero-order valence-corrected chi connectivity index (χ0v) is 16.2. The van der Waals surface area contributed by atoms with Gasteiger partial charge >= 0.3 is 0 Å². The number of hydrogen-bond donors (Lipinski definition) is 1. The van der Waals surface area contributed by atoms with Crippen LogP contribution in [0.5, 0.6) is 0 Å². The van der Waals surface area contributed by atoms with Gasteiger partial charge in [-0.25, -0.2) is 4.98 Å². The van der Waals surface area contributed by atoms with E-state index in [0.717, 1.165) is 23.5 Å². The number of likely N-dealkylation sites (tertiary alicyclic amines) is 1. The minimum absolute atomic E-state index is 0.0253. The van der Waals surface area contributed by atoms with Crippen LogP contribution in [0.3, 0.4) is 0 Å². The average molecular weight is 372 g/mol. The molecule has 0 aliphatic carbocycles. The van der Waals surface area contributed by atoms with Crippen molar-refractivity contribution >= 4 is 34.5 Å². The van der Waals surface area contributed by atoms with Crippen molar-refractivity contribution in [1.82, 2.24) is 15.2 Å². The summed E-state index contributed by atoms with van der Waals surface area (Å²) in [5.74, 6) is 0.915. The van der Waals surface area contributed by atoms with Crippen LogP contribution in [-0.2, 0) is 9.59 Å². The summed E-state index contributed by atoms with van der Waals surface area (Å²) in [5.41, 5.74) is 3.44. The lowest BCUT2D eigenvalue weighted by molar-refractivity contribution is -0.128. The van der Waals surface area contributed by atoms with Gasteiger partial charge in [-0.1, -0.05) is 11.6 Å². The molecule has 1 aliphatic heterocycles. The van der Waals surface area contributed by atoms with Crippen LogP contribution < -0.4 is 5.32 Å². The van der Waals surface area contributed by atoms with E-state index in [0.29, 0.717) is 31.7 Å². The largest absolute Gasteiger partial charge is 0.354 e. The number of nitrogens with one attached hydrogen (secondary N) is 1. The Labute approximate surface area is 158 Å². The van der Waals surface area contributed by atoms with E-state index in [2.05, 4.69) is 42.3 Å². The Kier molecular flexibility index (Phi) is 6.14. The van der Waals surface area contributed by atoms with Crippen molar-refractivity contribution < 1.29 is 9.59 Å². The monoisotopic (exact) mass is 371 g/mol. The van der Waals surface area contributed by atoms with Crippen molar-refractivity contribution in [2.75, 3.05) is 25.4 Å². The number of thioether (sulfide) groups is 1. The number of hydrogen-bond acceptors (Lipinski definition) is 4. The van der Waals surface area contributed by atoms with Crippen molar-refractivity contribution in [2.45, 2.75) is 38.1 Å². The average Bonchev–Trinajstić information content (AvgIpc) is 3.01. The van der Waals surface area contributed by atoms with E-state index in [1.54, 1.807) is 11.8 Å². The summed E-state index contributed by atoms with van der Waals surface area (Å²) in [6.07, 6.45) is 2.02. The molecule has 0 atom stereocenters. The fraction of sp³-hybridized carbons (Fsp3) is 0.450. The van der Waals surface area contributed by atoms with Crippen LogP contribution in [-0.4, -0.2) is 47.1 Å². The Balaban J connectivity index is 1.44. The Bertz CT molecular complexity index is 822. The molecule has 0 radical (unpaired) electrons. The molecule has 2 aromatic rings. The Morgan fingerprint density at radius 3 is 2.92 bits per heavy atom. The molecule has 2 amide bonds. The van der Waals surface area contributed by atoms with Gasteiger partial charge in [0.1, 0.15) is 0 Å². The maximum absolute atomic E-state index is 12.0. The summed E-state index contributed by atoms with van der Waals surface area (Å²) in [7, 11) is 0. The molecular formula is C20H25N3O2S. The number of carbonyl (C=O) groups is 2. The zero-order valence-electron chi connectivity index (χ0n) is 15.4. The first-order valence-corrected chi connectivity index (χ1v) is 10.1. The van der Waals surface area contributed by atoms with Gasteiger partial charge in [-0.3, -0.25) is 9.59 Å². The molecule has 0 bridgehead atoms. The quantitative estimate of drug-likeness (QED) is 0.760. The van der Waals surface area contributed by atoms with E-state index < -0.39 is 0 Å². The molecule has 0 unspecified atom stereocenters. The molecule has 26 heavy (non-hydrogen) atoms. The van der Waals surface area contributed by atoms with Gasteiger partial charge in [0.15, 0.2) is 0 Å². The highest BCUT2D eigenvalue weighted by molar-refractivity contribution is 7.99. The van der Waals surface area contributed by atoms with Crippen LogP contribution in [0.15, 0.2) is 29.3 Å². The third kappa shape index (κ3) is 4.75. The van der Waals surface area contributed by atoms with Crippen LogP contribution >= 0.6 is 11.8 Å². The molecule has 1 aromatic carbocycles. The number of fused-ring (bicyclic) bond motifs is 1. The third-order valence-corrected chi connectivity index (χ3v) is 5.52. The number of aromatic nitrogens is 1. The standard InChI is InChI=1S/C20H25N3O2S/c1-14-5-6-17-16(12-14)15(2)13-19(22-17)26-11-7-18(24)21-8-10-23-9-3-4-20(23)25/h5-6,12-13H,3-4,7-11H2,1-2H3,(H,21,24). The normalized spacial score (nSPS) is 14.2. The molecule has 5 nitrogen and oxygen atoms in total. The highest BCUT2D eigenvalue weighted by atomic mass is 32.2. The van der Waals surface area contributed by atoms with Crippen molar-refractivity contribution in [2.24, 2.45) is 0 Å².